The van der Waals surface area contributed by atoms with Crippen molar-refractivity contribution in [3.05, 3.63) is 41.4 Å². The molecule has 0 fully saturated rings. The van der Waals surface area contributed by atoms with E-state index < -0.39 is 0 Å². The number of ether oxygens (including phenoxy) is 2. The van der Waals surface area contributed by atoms with E-state index in [4.69, 9.17) is 20.2 Å². The van der Waals surface area contributed by atoms with Crippen molar-refractivity contribution in [1.29, 1.82) is 0 Å². The minimum atomic E-state index is 0.218. The minimum absolute atomic E-state index is 0.218. The Morgan fingerprint density at radius 2 is 1.94 bits per heavy atom. The van der Waals surface area contributed by atoms with Crippen LogP contribution < -0.4 is 5.73 Å². The average molecular weight is 425 g/mol. The summed E-state index contributed by atoms with van der Waals surface area (Å²) in [5.41, 5.74) is 9.85. The SMILES string of the molecule is CC/C=C\C/C=C\C(C)C#CCOCCn1c(COCC)nc2c(N)nc(C)c(C)c21. The van der Waals surface area contributed by atoms with Crippen LogP contribution in [0.3, 0.4) is 0 Å². The number of nitrogens with two attached hydrogens (primary N) is 1. The first kappa shape index (κ1) is 24.6. The van der Waals surface area contributed by atoms with Gasteiger partial charge in [0.15, 0.2) is 5.82 Å². The lowest BCUT2D eigenvalue weighted by atomic mass is 10.1. The molecule has 31 heavy (non-hydrogen) atoms. The quantitative estimate of drug-likeness (QED) is 0.320. The molecular formula is C25H36N4O2. The van der Waals surface area contributed by atoms with Gasteiger partial charge in [-0.3, -0.25) is 0 Å². The smallest absolute Gasteiger partial charge is 0.151 e. The topological polar surface area (TPSA) is 75.2 Å². The highest BCUT2D eigenvalue weighted by molar-refractivity contribution is 5.88. The third kappa shape index (κ3) is 7.23. The van der Waals surface area contributed by atoms with Gasteiger partial charge in [0.2, 0.25) is 0 Å². The maximum Gasteiger partial charge on any atom is 0.151 e. The van der Waals surface area contributed by atoms with Crippen molar-refractivity contribution >= 4 is 16.9 Å². The van der Waals surface area contributed by atoms with E-state index in [2.05, 4.69) is 59.5 Å². The fourth-order valence-corrected chi connectivity index (χ4v) is 3.25. The fraction of sp³-hybridized carbons (Fsp3) is 0.520. The highest BCUT2D eigenvalue weighted by Gasteiger charge is 2.17. The van der Waals surface area contributed by atoms with Gasteiger partial charge in [0.1, 0.15) is 24.6 Å². The number of hydrogen-bond donors (Lipinski definition) is 1. The van der Waals surface area contributed by atoms with Crippen LogP contribution in [0.25, 0.3) is 11.0 Å². The molecule has 0 aliphatic carbocycles. The fourth-order valence-electron chi connectivity index (χ4n) is 3.25. The van der Waals surface area contributed by atoms with Crippen LogP contribution in [0.2, 0.25) is 0 Å². The normalized spacial score (nSPS) is 12.7. The third-order valence-electron chi connectivity index (χ3n) is 4.97. The van der Waals surface area contributed by atoms with Crippen LogP contribution in [0.1, 0.15) is 50.7 Å². The van der Waals surface area contributed by atoms with Crippen LogP contribution >= 0.6 is 0 Å². The maximum atomic E-state index is 6.13. The summed E-state index contributed by atoms with van der Waals surface area (Å²) in [7, 11) is 0. The molecule has 2 aromatic rings. The van der Waals surface area contributed by atoms with Gasteiger partial charge >= 0.3 is 0 Å². The lowest BCUT2D eigenvalue weighted by molar-refractivity contribution is 0.121. The van der Waals surface area contributed by atoms with E-state index in [9.17, 15) is 0 Å². The Kier molecular flexibility index (Phi) is 10.3. The van der Waals surface area contributed by atoms with Crippen LogP contribution in [0.4, 0.5) is 5.82 Å². The van der Waals surface area contributed by atoms with E-state index in [0.717, 1.165) is 41.0 Å². The van der Waals surface area contributed by atoms with Crippen molar-refractivity contribution in [2.45, 2.75) is 60.6 Å². The second-order valence-corrected chi connectivity index (χ2v) is 7.43. The zero-order valence-electron chi connectivity index (χ0n) is 19.6. The maximum absolute atomic E-state index is 6.13. The molecule has 2 rings (SSSR count). The average Bonchev–Trinajstić information content (AvgIpc) is 3.12. The summed E-state index contributed by atoms with van der Waals surface area (Å²) >= 11 is 0. The molecule has 1 atom stereocenters. The van der Waals surface area contributed by atoms with E-state index in [-0.39, 0.29) is 5.92 Å². The molecule has 0 aromatic carbocycles. The number of pyridine rings is 1. The van der Waals surface area contributed by atoms with Gasteiger partial charge in [-0.1, -0.05) is 43.1 Å². The van der Waals surface area contributed by atoms with E-state index in [1.54, 1.807) is 0 Å². The largest absolute Gasteiger partial charge is 0.382 e. The summed E-state index contributed by atoms with van der Waals surface area (Å²) in [6, 6.07) is 0. The summed E-state index contributed by atoms with van der Waals surface area (Å²) in [4.78, 5) is 9.10. The highest BCUT2D eigenvalue weighted by Crippen LogP contribution is 2.26. The van der Waals surface area contributed by atoms with Crippen molar-refractivity contribution in [3.63, 3.8) is 0 Å². The molecule has 0 saturated carbocycles. The van der Waals surface area contributed by atoms with Crippen molar-refractivity contribution in [3.8, 4) is 11.8 Å². The van der Waals surface area contributed by atoms with Gasteiger partial charge in [0.05, 0.1) is 12.1 Å². The number of rotatable bonds is 11. The molecule has 0 amide bonds. The number of fused-ring (bicyclic) bond motifs is 1. The predicted octanol–water partition coefficient (Wildman–Crippen LogP) is 4.74. The molecule has 0 bridgehead atoms. The molecule has 6 nitrogen and oxygen atoms in total. The van der Waals surface area contributed by atoms with Crippen LogP contribution in [-0.4, -0.2) is 34.4 Å². The molecule has 0 aliphatic rings. The van der Waals surface area contributed by atoms with Gasteiger partial charge in [0, 0.05) is 24.8 Å². The van der Waals surface area contributed by atoms with Crippen molar-refractivity contribution in [2.75, 3.05) is 25.6 Å². The zero-order chi connectivity index (χ0) is 22.6. The number of nitrogen functional groups attached to an aromatic ring is 1. The summed E-state index contributed by atoms with van der Waals surface area (Å²) < 4.78 is 13.5. The van der Waals surface area contributed by atoms with Crippen molar-refractivity contribution in [2.24, 2.45) is 5.92 Å². The molecule has 0 aliphatic heterocycles. The van der Waals surface area contributed by atoms with E-state index in [0.29, 0.717) is 38.8 Å². The second kappa shape index (κ2) is 12.9. The molecule has 0 spiro atoms. The molecule has 0 radical (unpaired) electrons. The first-order valence-corrected chi connectivity index (χ1v) is 11.1. The van der Waals surface area contributed by atoms with E-state index in [1.165, 1.54) is 0 Å². The Morgan fingerprint density at radius 1 is 1.13 bits per heavy atom. The highest BCUT2D eigenvalue weighted by atomic mass is 16.5. The van der Waals surface area contributed by atoms with Gasteiger partial charge in [-0.25, -0.2) is 9.97 Å². The van der Waals surface area contributed by atoms with Gasteiger partial charge < -0.3 is 19.8 Å². The Hall–Kier alpha value is -2.62. The minimum Gasteiger partial charge on any atom is -0.382 e. The summed E-state index contributed by atoms with van der Waals surface area (Å²) in [6.07, 6.45) is 10.7. The first-order chi connectivity index (χ1) is 15.0. The monoisotopic (exact) mass is 424 g/mol. The number of allylic oxidation sites excluding steroid dienone is 4. The number of imidazole rings is 1. The Morgan fingerprint density at radius 3 is 2.68 bits per heavy atom. The van der Waals surface area contributed by atoms with Gasteiger partial charge in [-0.2, -0.15) is 0 Å². The van der Waals surface area contributed by atoms with Crippen molar-refractivity contribution in [1.82, 2.24) is 14.5 Å². The van der Waals surface area contributed by atoms with E-state index >= 15 is 0 Å². The molecule has 6 heteroatoms. The first-order valence-electron chi connectivity index (χ1n) is 11.1. The van der Waals surface area contributed by atoms with Gasteiger partial charge in [-0.15, -0.1) is 0 Å². The molecule has 2 heterocycles. The molecule has 0 saturated heterocycles. The molecule has 168 valence electrons. The zero-order valence-corrected chi connectivity index (χ0v) is 19.6. The lowest BCUT2D eigenvalue weighted by Crippen LogP contribution is -2.12. The van der Waals surface area contributed by atoms with Crippen LogP contribution in [0.5, 0.6) is 0 Å². The van der Waals surface area contributed by atoms with Crippen LogP contribution in [0.15, 0.2) is 24.3 Å². The number of nitrogens with zero attached hydrogens (tertiary/aromatic N) is 3. The lowest BCUT2D eigenvalue weighted by Gasteiger charge is -2.11. The Balaban J connectivity index is 1.98. The molecule has 2 aromatic heterocycles. The van der Waals surface area contributed by atoms with Gasteiger partial charge in [-0.05, 0) is 46.1 Å². The number of anilines is 1. The van der Waals surface area contributed by atoms with Crippen LogP contribution in [-0.2, 0) is 22.6 Å². The molecular weight excluding hydrogens is 388 g/mol. The molecule has 2 N–H and O–H groups in total. The summed E-state index contributed by atoms with van der Waals surface area (Å²) in [5.74, 6) is 7.83. The third-order valence-corrected chi connectivity index (χ3v) is 4.97. The number of aromatic nitrogens is 3. The summed E-state index contributed by atoms with van der Waals surface area (Å²) in [5, 5.41) is 0. The Bertz CT molecular complexity index is 964. The Labute approximate surface area is 186 Å². The van der Waals surface area contributed by atoms with E-state index in [1.807, 2.05) is 20.8 Å². The van der Waals surface area contributed by atoms with Crippen molar-refractivity contribution < 1.29 is 9.47 Å². The van der Waals surface area contributed by atoms with Crippen LogP contribution in [0, 0.1) is 31.6 Å². The van der Waals surface area contributed by atoms with Gasteiger partial charge in [0.25, 0.3) is 0 Å². The standard InChI is InChI=1S/C25H36N4O2/c1-6-8-9-10-11-13-19(3)14-12-16-31-17-15-29-22(18-30-7-2)28-23-24(29)20(4)21(5)27-25(23)26/h8-9,11,13,19H,6-7,10,15-18H2,1-5H3,(H2,26,27)/b9-8-,13-11-. The number of hydrogen-bond acceptors (Lipinski definition) is 5. The number of aryl methyl sites for hydroxylation is 2. The summed E-state index contributed by atoms with van der Waals surface area (Å²) in [6.45, 7) is 12.9. The predicted molar refractivity (Wildman–Crippen MR) is 128 cm³/mol. The molecule has 1 unspecified atom stereocenters. The second-order valence-electron chi connectivity index (χ2n) is 7.43.